The van der Waals surface area contributed by atoms with Crippen LogP contribution in [0.4, 0.5) is 0 Å². The number of aliphatic imine (C=N–C) groups is 1. The maximum absolute atomic E-state index is 4.84. The Morgan fingerprint density at radius 2 is 1.75 bits per heavy atom. The summed E-state index contributed by atoms with van der Waals surface area (Å²) in [5.74, 6) is 0.969. The van der Waals surface area contributed by atoms with Crippen molar-refractivity contribution in [3.05, 3.63) is 35.9 Å². The molecule has 5 nitrogen and oxygen atoms in total. The molecule has 1 aromatic rings. The minimum atomic E-state index is 0.510. The highest BCUT2D eigenvalue weighted by Gasteiger charge is 2.20. The summed E-state index contributed by atoms with van der Waals surface area (Å²) in [5.41, 5.74) is 1.41. The minimum Gasteiger partial charge on any atom is -0.357 e. The summed E-state index contributed by atoms with van der Waals surface area (Å²) in [5, 5.41) is 7.09. The molecule has 0 atom stereocenters. The van der Waals surface area contributed by atoms with Crippen molar-refractivity contribution in [1.29, 1.82) is 0 Å². The predicted molar refractivity (Wildman–Crippen MR) is 121 cm³/mol. The number of rotatable bonds is 9. The molecule has 5 heteroatoms. The van der Waals surface area contributed by atoms with Crippen LogP contribution in [-0.2, 0) is 6.54 Å². The van der Waals surface area contributed by atoms with Crippen molar-refractivity contribution in [3.8, 4) is 0 Å². The van der Waals surface area contributed by atoms with Crippen molar-refractivity contribution >= 4 is 5.96 Å². The molecule has 1 fully saturated rings. The van der Waals surface area contributed by atoms with Crippen LogP contribution in [0.25, 0.3) is 0 Å². The fraction of sp³-hybridized carbons (Fsp3) is 0.696. The molecule has 1 heterocycles. The van der Waals surface area contributed by atoms with Gasteiger partial charge in [-0.2, -0.15) is 0 Å². The van der Waals surface area contributed by atoms with Crippen molar-refractivity contribution < 1.29 is 0 Å². The number of hydrogen-bond acceptors (Lipinski definition) is 3. The Morgan fingerprint density at radius 3 is 2.32 bits per heavy atom. The van der Waals surface area contributed by atoms with Crippen LogP contribution in [-0.4, -0.2) is 66.6 Å². The lowest BCUT2D eigenvalue weighted by Crippen LogP contribution is -2.48. The van der Waals surface area contributed by atoms with Gasteiger partial charge < -0.3 is 10.6 Å². The first kappa shape index (κ1) is 22.7. The number of hydrogen-bond donors (Lipinski definition) is 2. The fourth-order valence-corrected chi connectivity index (χ4v) is 3.98. The van der Waals surface area contributed by atoms with Gasteiger partial charge in [0.15, 0.2) is 5.96 Å². The van der Waals surface area contributed by atoms with Gasteiger partial charge >= 0.3 is 0 Å². The molecule has 0 radical (unpaired) electrons. The summed E-state index contributed by atoms with van der Waals surface area (Å²) >= 11 is 0. The van der Waals surface area contributed by atoms with E-state index in [1.54, 1.807) is 0 Å². The molecule has 28 heavy (non-hydrogen) atoms. The van der Waals surface area contributed by atoms with Crippen molar-refractivity contribution in [1.82, 2.24) is 20.4 Å². The van der Waals surface area contributed by atoms with Gasteiger partial charge in [0.2, 0.25) is 0 Å². The second-order valence-electron chi connectivity index (χ2n) is 8.37. The van der Waals surface area contributed by atoms with Gasteiger partial charge in [-0.05, 0) is 53.0 Å². The van der Waals surface area contributed by atoms with E-state index >= 15 is 0 Å². The fourth-order valence-electron chi connectivity index (χ4n) is 3.98. The second kappa shape index (κ2) is 12.1. The number of piperidine rings is 1. The number of nitrogens with zero attached hydrogens (tertiary/aromatic N) is 3. The highest BCUT2D eigenvalue weighted by Crippen LogP contribution is 2.14. The van der Waals surface area contributed by atoms with E-state index in [0.29, 0.717) is 18.1 Å². The van der Waals surface area contributed by atoms with E-state index < -0.39 is 0 Å². The first-order valence-corrected chi connectivity index (χ1v) is 11.1. The van der Waals surface area contributed by atoms with E-state index in [1.165, 1.54) is 18.4 Å². The predicted octanol–water partition coefficient (Wildman–Crippen LogP) is 3.32. The van der Waals surface area contributed by atoms with E-state index in [1.807, 2.05) is 0 Å². The SMILES string of the molecule is CCNC(=NCCN(C(C)C)C(C)C)NC1CCN(Cc2ccccc2)CC1. The Labute approximate surface area is 172 Å². The molecule has 158 valence electrons. The summed E-state index contributed by atoms with van der Waals surface area (Å²) in [4.78, 5) is 9.89. The van der Waals surface area contributed by atoms with E-state index in [-0.39, 0.29) is 0 Å². The minimum absolute atomic E-state index is 0.510. The Kier molecular flexibility index (Phi) is 9.79. The van der Waals surface area contributed by atoms with E-state index in [4.69, 9.17) is 4.99 Å². The third kappa shape index (κ3) is 7.80. The van der Waals surface area contributed by atoms with Crippen LogP contribution in [0.2, 0.25) is 0 Å². The van der Waals surface area contributed by atoms with Crippen LogP contribution in [0.15, 0.2) is 35.3 Å². The van der Waals surface area contributed by atoms with E-state index in [9.17, 15) is 0 Å². The molecule has 0 saturated carbocycles. The maximum atomic E-state index is 4.84. The number of benzene rings is 1. The van der Waals surface area contributed by atoms with Crippen LogP contribution in [0.3, 0.4) is 0 Å². The van der Waals surface area contributed by atoms with Gasteiger partial charge in [-0.25, -0.2) is 0 Å². The van der Waals surface area contributed by atoms with Gasteiger partial charge in [0.25, 0.3) is 0 Å². The zero-order valence-corrected chi connectivity index (χ0v) is 18.6. The van der Waals surface area contributed by atoms with Crippen LogP contribution in [0.5, 0.6) is 0 Å². The Hall–Kier alpha value is -1.59. The lowest BCUT2D eigenvalue weighted by Gasteiger charge is -2.33. The number of likely N-dealkylation sites (tertiary alicyclic amines) is 1. The van der Waals surface area contributed by atoms with Crippen molar-refractivity contribution in [2.45, 2.75) is 72.1 Å². The molecule has 2 N–H and O–H groups in total. The van der Waals surface area contributed by atoms with Crippen LogP contribution >= 0.6 is 0 Å². The van der Waals surface area contributed by atoms with Gasteiger partial charge in [0.05, 0.1) is 6.54 Å². The molecular weight excluding hydrogens is 346 g/mol. The molecule has 0 unspecified atom stereocenters. The monoisotopic (exact) mass is 387 g/mol. The Bertz CT molecular complexity index is 554. The van der Waals surface area contributed by atoms with Crippen molar-refractivity contribution in [2.75, 3.05) is 32.7 Å². The van der Waals surface area contributed by atoms with E-state index in [0.717, 1.165) is 45.2 Å². The average Bonchev–Trinajstić information content (AvgIpc) is 2.67. The van der Waals surface area contributed by atoms with Gasteiger partial charge in [-0.1, -0.05) is 30.3 Å². The molecule has 0 aromatic heterocycles. The Morgan fingerprint density at radius 1 is 1.11 bits per heavy atom. The summed E-state index contributed by atoms with van der Waals surface area (Å²) < 4.78 is 0. The summed E-state index contributed by atoms with van der Waals surface area (Å²) in [6.07, 6.45) is 2.34. The highest BCUT2D eigenvalue weighted by atomic mass is 15.2. The zero-order chi connectivity index (χ0) is 20.4. The molecule has 1 aliphatic rings. The molecule has 1 aromatic carbocycles. The molecular formula is C23H41N5. The second-order valence-corrected chi connectivity index (χ2v) is 8.37. The first-order chi connectivity index (χ1) is 13.5. The standard InChI is InChI=1S/C23H41N5/c1-6-24-23(25-14-17-28(19(2)3)20(4)5)26-22-12-15-27(16-13-22)18-21-10-8-7-9-11-21/h7-11,19-20,22H,6,12-18H2,1-5H3,(H2,24,25,26). The average molecular weight is 388 g/mol. The number of guanidine groups is 1. The third-order valence-corrected chi connectivity index (χ3v) is 5.48. The molecule has 0 aliphatic carbocycles. The van der Waals surface area contributed by atoms with Crippen molar-refractivity contribution in [2.24, 2.45) is 4.99 Å². The molecule has 0 spiro atoms. The zero-order valence-electron chi connectivity index (χ0n) is 18.6. The smallest absolute Gasteiger partial charge is 0.191 e. The Balaban J connectivity index is 1.79. The van der Waals surface area contributed by atoms with Gasteiger partial charge in [-0.3, -0.25) is 14.8 Å². The van der Waals surface area contributed by atoms with Crippen molar-refractivity contribution in [3.63, 3.8) is 0 Å². The van der Waals surface area contributed by atoms with Gasteiger partial charge in [0.1, 0.15) is 0 Å². The molecule has 1 saturated heterocycles. The van der Waals surface area contributed by atoms with Gasteiger partial charge in [0, 0.05) is 50.8 Å². The van der Waals surface area contributed by atoms with Crippen LogP contribution in [0, 0.1) is 0 Å². The summed E-state index contributed by atoms with van der Waals surface area (Å²) in [7, 11) is 0. The van der Waals surface area contributed by atoms with Crippen LogP contribution in [0.1, 0.15) is 53.0 Å². The largest absolute Gasteiger partial charge is 0.357 e. The van der Waals surface area contributed by atoms with Gasteiger partial charge in [-0.15, -0.1) is 0 Å². The van der Waals surface area contributed by atoms with E-state index in [2.05, 4.69) is 85.4 Å². The lowest BCUT2D eigenvalue weighted by molar-refractivity contribution is 0.180. The first-order valence-electron chi connectivity index (χ1n) is 11.1. The number of nitrogens with one attached hydrogen (secondary N) is 2. The molecule has 0 bridgehead atoms. The third-order valence-electron chi connectivity index (χ3n) is 5.48. The topological polar surface area (TPSA) is 42.9 Å². The molecule has 1 aliphatic heterocycles. The lowest BCUT2D eigenvalue weighted by atomic mass is 10.0. The highest BCUT2D eigenvalue weighted by molar-refractivity contribution is 5.80. The van der Waals surface area contributed by atoms with Crippen LogP contribution < -0.4 is 10.6 Å². The molecule has 0 amide bonds. The summed E-state index contributed by atoms with van der Waals surface area (Å²) in [6.45, 7) is 17.2. The summed E-state index contributed by atoms with van der Waals surface area (Å²) in [6, 6.07) is 12.4. The quantitative estimate of drug-likeness (QED) is 0.504. The normalized spacial score (nSPS) is 16.9. The molecule has 2 rings (SSSR count). The maximum Gasteiger partial charge on any atom is 0.191 e.